The predicted octanol–water partition coefficient (Wildman–Crippen LogP) is 2.83. The Hall–Kier alpha value is -1.97. The first-order valence-corrected chi connectivity index (χ1v) is 10.4. The number of nitrogens with zero attached hydrogens (tertiary/aromatic N) is 4. The first kappa shape index (κ1) is 18.8. The first-order valence-electron chi connectivity index (χ1n) is 8.70. The maximum atomic E-state index is 12.6. The third-order valence-corrected chi connectivity index (χ3v) is 5.87. The fourth-order valence-corrected chi connectivity index (χ4v) is 4.37. The number of aliphatic hydroxyl groups excluding tert-OH is 1. The zero-order valence-corrected chi connectivity index (χ0v) is 16.4. The second-order valence-electron chi connectivity index (χ2n) is 5.88. The molecule has 2 aromatic rings. The average molecular weight is 394 g/mol. The molecule has 3 heterocycles. The summed E-state index contributed by atoms with van der Waals surface area (Å²) in [5.74, 6) is -0.222. The van der Waals surface area contributed by atoms with Crippen molar-refractivity contribution in [2.75, 3.05) is 47.9 Å². The highest BCUT2D eigenvalue weighted by atomic mass is 32.1. The van der Waals surface area contributed by atoms with E-state index < -0.39 is 0 Å². The van der Waals surface area contributed by atoms with E-state index in [-0.39, 0.29) is 12.5 Å². The normalized spacial score (nSPS) is 13.8. The molecular weight excluding hydrogens is 370 g/mol. The van der Waals surface area contributed by atoms with E-state index >= 15 is 0 Å². The van der Waals surface area contributed by atoms with E-state index in [0.29, 0.717) is 17.8 Å². The Morgan fingerprint density at radius 1 is 1.46 bits per heavy atom. The van der Waals surface area contributed by atoms with Crippen molar-refractivity contribution in [3.8, 4) is 0 Å². The maximum Gasteiger partial charge on any atom is 0.275 e. The van der Waals surface area contributed by atoms with Gasteiger partial charge in [0.05, 0.1) is 11.9 Å². The number of carbonyl (C=O) groups is 1. The summed E-state index contributed by atoms with van der Waals surface area (Å²) in [6.07, 6.45) is 7.64. The molecule has 1 aliphatic heterocycles. The number of aromatic nitrogens is 2. The first-order chi connectivity index (χ1) is 12.7. The van der Waals surface area contributed by atoms with E-state index in [9.17, 15) is 4.79 Å². The van der Waals surface area contributed by atoms with Gasteiger partial charge in [-0.05, 0) is 31.3 Å². The molecule has 2 N–H and O–H groups in total. The number of carbonyl (C=O) groups excluding carboxylic acids is 1. The Bertz CT molecular complexity index is 758. The van der Waals surface area contributed by atoms with Gasteiger partial charge in [-0.1, -0.05) is 12.2 Å². The smallest absolute Gasteiger partial charge is 0.275 e. The summed E-state index contributed by atoms with van der Waals surface area (Å²) in [5.41, 5.74) is 1.12. The summed E-state index contributed by atoms with van der Waals surface area (Å²) in [4.78, 5) is 21.4. The molecule has 0 unspecified atom stereocenters. The van der Waals surface area contributed by atoms with Crippen molar-refractivity contribution < 1.29 is 9.90 Å². The number of rotatable bonds is 8. The number of amides is 1. The van der Waals surface area contributed by atoms with Crippen LogP contribution in [0.5, 0.6) is 0 Å². The molecule has 140 valence electrons. The zero-order valence-electron chi connectivity index (χ0n) is 14.7. The highest BCUT2D eigenvalue weighted by molar-refractivity contribution is 7.14. The van der Waals surface area contributed by atoms with Gasteiger partial charge in [-0.15, -0.1) is 11.3 Å². The van der Waals surface area contributed by atoms with E-state index in [2.05, 4.69) is 36.6 Å². The van der Waals surface area contributed by atoms with Crippen LogP contribution in [-0.4, -0.2) is 53.2 Å². The summed E-state index contributed by atoms with van der Waals surface area (Å²) < 4.78 is 4.21. The number of thiazole rings is 1. The fourth-order valence-electron chi connectivity index (χ4n) is 2.73. The highest BCUT2D eigenvalue weighted by Crippen LogP contribution is 2.31. The largest absolute Gasteiger partial charge is 0.396 e. The summed E-state index contributed by atoms with van der Waals surface area (Å²) in [5, 5.41) is 15.6. The molecule has 3 rings (SSSR count). The Balaban J connectivity index is 1.68. The van der Waals surface area contributed by atoms with Crippen LogP contribution < -0.4 is 15.1 Å². The highest BCUT2D eigenvalue weighted by Gasteiger charge is 2.19. The molecule has 0 saturated heterocycles. The van der Waals surface area contributed by atoms with Gasteiger partial charge in [-0.25, -0.2) is 4.98 Å². The van der Waals surface area contributed by atoms with Crippen LogP contribution in [0.4, 0.5) is 15.8 Å². The lowest BCUT2D eigenvalue weighted by molar-refractivity contribution is 0.102. The summed E-state index contributed by atoms with van der Waals surface area (Å²) in [7, 11) is 0. The number of aliphatic hydroxyl groups is 1. The minimum Gasteiger partial charge on any atom is -0.396 e. The Labute approximate surface area is 161 Å². The van der Waals surface area contributed by atoms with Crippen LogP contribution in [0.2, 0.25) is 0 Å². The van der Waals surface area contributed by atoms with Crippen molar-refractivity contribution >= 4 is 44.6 Å². The molecule has 0 radical (unpaired) electrons. The lowest BCUT2D eigenvalue weighted by Crippen LogP contribution is -2.27. The van der Waals surface area contributed by atoms with Gasteiger partial charge in [0.1, 0.15) is 10.7 Å². The van der Waals surface area contributed by atoms with Gasteiger partial charge in [-0.2, -0.15) is 4.37 Å². The molecule has 1 amide bonds. The number of nitrogens with one attached hydrogen (secondary N) is 1. The van der Waals surface area contributed by atoms with Gasteiger partial charge in [0, 0.05) is 38.2 Å². The van der Waals surface area contributed by atoms with Crippen LogP contribution in [0.25, 0.3) is 0 Å². The van der Waals surface area contributed by atoms with Gasteiger partial charge in [0.25, 0.3) is 5.91 Å². The zero-order chi connectivity index (χ0) is 18.4. The Kier molecular flexibility index (Phi) is 6.59. The van der Waals surface area contributed by atoms with Crippen LogP contribution >= 0.6 is 22.9 Å². The lowest BCUT2D eigenvalue weighted by atomic mass is 10.3. The van der Waals surface area contributed by atoms with Crippen LogP contribution in [0.1, 0.15) is 30.3 Å². The molecule has 0 spiro atoms. The standard InChI is InChI=1S/C17H23N5O2S2/c1-2-21(9-6-10-23)16-13(11-18-26-16)19-15(24)14-12-25-17(20-14)22-7-4-3-5-8-22/h3-4,11-12,23H,2,5-10H2,1H3,(H,19,24). The van der Waals surface area contributed by atoms with Gasteiger partial charge >= 0.3 is 0 Å². The van der Waals surface area contributed by atoms with Gasteiger partial charge in [0.15, 0.2) is 5.13 Å². The van der Waals surface area contributed by atoms with Crippen LogP contribution in [0.15, 0.2) is 23.7 Å². The quantitative estimate of drug-likeness (QED) is 0.671. The molecule has 0 atom stereocenters. The minimum atomic E-state index is -0.222. The average Bonchev–Trinajstić information content (AvgIpc) is 3.33. The molecule has 0 bridgehead atoms. The summed E-state index contributed by atoms with van der Waals surface area (Å²) in [6.45, 7) is 5.46. The second kappa shape index (κ2) is 9.11. The Morgan fingerprint density at radius 3 is 3.08 bits per heavy atom. The lowest BCUT2D eigenvalue weighted by Gasteiger charge is -2.22. The van der Waals surface area contributed by atoms with Crippen molar-refractivity contribution in [3.05, 3.63) is 29.4 Å². The van der Waals surface area contributed by atoms with E-state index in [1.165, 1.54) is 22.9 Å². The number of hydrogen-bond acceptors (Lipinski definition) is 8. The van der Waals surface area contributed by atoms with Crippen molar-refractivity contribution in [3.63, 3.8) is 0 Å². The third-order valence-electron chi connectivity index (χ3n) is 4.11. The molecular formula is C17H23N5O2S2. The molecule has 9 heteroatoms. The van der Waals surface area contributed by atoms with E-state index in [1.807, 2.05) is 6.92 Å². The van der Waals surface area contributed by atoms with Crippen LogP contribution in [-0.2, 0) is 0 Å². The van der Waals surface area contributed by atoms with Gasteiger partial charge in [-0.3, -0.25) is 4.79 Å². The molecule has 0 aliphatic carbocycles. The van der Waals surface area contributed by atoms with Gasteiger partial charge < -0.3 is 20.2 Å². The van der Waals surface area contributed by atoms with Crippen LogP contribution in [0, 0.1) is 0 Å². The third kappa shape index (κ3) is 4.40. The van der Waals surface area contributed by atoms with E-state index in [1.54, 1.807) is 11.6 Å². The van der Waals surface area contributed by atoms with Crippen molar-refractivity contribution in [1.29, 1.82) is 0 Å². The van der Waals surface area contributed by atoms with E-state index in [4.69, 9.17) is 5.11 Å². The van der Waals surface area contributed by atoms with Gasteiger partial charge in [0.2, 0.25) is 0 Å². The molecule has 1 aliphatic rings. The molecule has 2 aromatic heterocycles. The van der Waals surface area contributed by atoms with Crippen molar-refractivity contribution in [2.24, 2.45) is 0 Å². The number of anilines is 3. The molecule has 0 fully saturated rings. The predicted molar refractivity (Wildman–Crippen MR) is 108 cm³/mol. The fraction of sp³-hybridized carbons (Fsp3) is 0.471. The Morgan fingerprint density at radius 2 is 2.35 bits per heavy atom. The molecule has 7 nitrogen and oxygen atoms in total. The van der Waals surface area contributed by atoms with Crippen molar-refractivity contribution in [2.45, 2.75) is 19.8 Å². The minimum absolute atomic E-state index is 0.143. The molecule has 0 aromatic carbocycles. The molecule has 26 heavy (non-hydrogen) atoms. The monoisotopic (exact) mass is 393 g/mol. The number of hydrogen-bond donors (Lipinski definition) is 2. The van der Waals surface area contributed by atoms with Crippen LogP contribution in [0.3, 0.4) is 0 Å². The topological polar surface area (TPSA) is 81.6 Å². The summed E-state index contributed by atoms with van der Waals surface area (Å²) >= 11 is 2.84. The SMILES string of the molecule is CCN(CCCO)c1sncc1NC(=O)c1csc(N2CC=CCC2)n1. The van der Waals surface area contributed by atoms with Crippen molar-refractivity contribution in [1.82, 2.24) is 9.36 Å². The second-order valence-corrected chi connectivity index (χ2v) is 7.49. The maximum absolute atomic E-state index is 12.6. The molecule has 0 saturated carbocycles. The van der Waals surface area contributed by atoms with E-state index in [0.717, 1.165) is 42.7 Å². The summed E-state index contributed by atoms with van der Waals surface area (Å²) in [6, 6.07) is 0.